The fourth-order valence-electron chi connectivity index (χ4n) is 1.57. The van der Waals surface area contributed by atoms with E-state index in [1.54, 1.807) is 12.1 Å². The summed E-state index contributed by atoms with van der Waals surface area (Å²) in [5.74, 6) is 0.242. The molecule has 86 valence electrons. The second-order valence-corrected chi connectivity index (χ2v) is 4.38. The number of aliphatic hydroxyl groups is 1. The van der Waals surface area contributed by atoms with Crippen LogP contribution in [0.5, 0.6) is 0 Å². The Morgan fingerprint density at radius 1 is 1.44 bits per heavy atom. The lowest BCUT2D eigenvalue weighted by atomic mass is 9.97. The number of hydrogen-bond acceptors (Lipinski definition) is 3. The van der Waals surface area contributed by atoms with Crippen molar-refractivity contribution in [3.05, 3.63) is 29.3 Å². The van der Waals surface area contributed by atoms with Crippen molar-refractivity contribution < 1.29 is 5.11 Å². The van der Waals surface area contributed by atoms with Gasteiger partial charge in [0.25, 0.3) is 0 Å². The molecule has 0 radical (unpaired) electrons. The van der Waals surface area contributed by atoms with E-state index < -0.39 is 0 Å². The van der Waals surface area contributed by atoms with Crippen LogP contribution in [0.4, 0.5) is 5.69 Å². The third-order valence-corrected chi connectivity index (χ3v) is 2.73. The van der Waals surface area contributed by atoms with E-state index in [0.717, 1.165) is 5.56 Å². The van der Waals surface area contributed by atoms with Crippen LogP contribution in [0, 0.1) is 17.2 Å². The fourth-order valence-corrected chi connectivity index (χ4v) is 1.57. The Balaban J connectivity index is 2.73. The molecule has 0 aliphatic carbocycles. The molecule has 0 aromatic heterocycles. The quantitative estimate of drug-likeness (QED) is 0.760. The highest BCUT2D eigenvalue weighted by Crippen LogP contribution is 2.17. The second-order valence-electron chi connectivity index (χ2n) is 4.38. The van der Waals surface area contributed by atoms with Gasteiger partial charge in [-0.3, -0.25) is 0 Å². The van der Waals surface area contributed by atoms with Gasteiger partial charge < -0.3 is 10.8 Å². The van der Waals surface area contributed by atoms with Crippen molar-refractivity contribution in [1.82, 2.24) is 0 Å². The lowest BCUT2D eigenvalue weighted by Gasteiger charge is -2.14. The van der Waals surface area contributed by atoms with Gasteiger partial charge in [-0.15, -0.1) is 0 Å². The van der Waals surface area contributed by atoms with Crippen molar-refractivity contribution in [2.45, 2.75) is 32.8 Å². The number of nitriles is 1. The summed E-state index contributed by atoms with van der Waals surface area (Å²) < 4.78 is 0. The SMILES string of the molecule is CC(C)C(O)CCc1cc(N)ccc1C#N. The molecule has 1 aromatic carbocycles. The first-order valence-corrected chi connectivity index (χ1v) is 5.51. The predicted octanol–water partition coefficient (Wildman–Crippen LogP) is 2.09. The number of benzene rings is 1. The van der Waals surface area contributed by atoms with Crippen molar-refractivity contribution in [3.63, 3.8) is 0 Å². The summed E-state index contributed by atoms with van der Waals surface area (Å²) in [5.41, 5.74) is 7.90. The van der Waals surface area contributed by atoms with E-state index in [0.29, 0.717) is 24.1 Å². The zero-order chi connectivity index (χ0) is 12.1. The second kappa shape index (κ2) is 5.53. The highest BCUT2D eigenvalue weighted by molar-refractivity contribution is 5.49. The summed E-state index contributed by atoms with van der Waals surface area (Å²) in [6, 6.07) is 7.40. The van der Waals surface area contributed by atoms with Gasteiger partial charge in [0.05, 0.1) is 17.7 Å². The molecular formula is C13H18N2O. The molecule has 0 aliphatic heterocycles. The van der Waals surface area contributed by atoms with Crippen molar-refractivity contribution in [3.8, 4) is 6.07 Å². The van der Waals surface area contributed by atoms with Crippen LogP contribution in [0.2, 0.25) is 0 Å². The fraction of sp³-hybridized carbons (Fsp3) is 0.462. The highest BCUT2D eigenvalue weighted by atomic mass is 16.3. The van der Waals surface area contributed by atoms with E-state index >= 15 is 0 Å². The van der Waals surface area contributed by atoms with E-state index in [-0.39, 0.29) is 12.0 Å². The van der Waals surface area contributed by atoms with Gasteiger partial charge in [0.1, 0.15) is 0 Å². The van der Waals surface area contributed by atoms with E-state index in [1.165, 1.54) is 0 Å². The Labute approximate surface area is 96.5 Å². The molecule has 3 heteroatoms. The van der Waals surface area contributed by atoms with Gasteiger partial charge >= 0.3 is 0 Å². The molecule has 1 aromatic rings. The van der Waals surface area contributed by atoms with Gasteiger partial charge in [0.2, 0.25) is 0 Å². The zero-order valence-corrected chi connectivity index (χ0v) is 9.77. The Morgan fingerprint density at radius 3 is 2.69 bits per heavy atom. The lowest BCUT2D eigenvalue weighted by Crippen LogP contribution is -2.15. The summed E-state index contributed by atoms with van der Waals surface area (Å²) >= 11 is 0. The third kappa shape index (κ3) is 3.25. The Bertz CT molecular complexity index is 393. The Kier molecular flexibility index (Phi) is 4.33. The van der Waals surface area contributed by atoms with Crippen LogP contribution in [0.1, 0.15) is 31.4 Å². The van der Waals surface area contributed by atoms with Crippen LogP contribution >= 0.6 is 0 Å². The molecule has 16 heavy (non-hydrogen) atoms. The molecule has 0 amide bonds. The molecule has 0 heterocycles. The topological polar surface area (TPSA) is 70.0 Å². The minimum atomic E-state index is -0.326. The van der Waals surface area contributed by atoms with Crippen LogP contribution in [0.15, 0.2) is 18.2 Å². The lowest BCUT2D eigenvalue weighted by molar-refractivity contribution is 0.116. The van der Waals surface area contributed by atoms with Gasteiger partial charge in [-0.05, 0) is 42.5 Å². The normalized spacial score (nSPS) is 12.4. The molecule has 0 saturated heterocycles. The number of aliphatic hydroxyl groups excluding tert-OH is 1. The largest absolute Gasteiger partial charge is 0.399 e. The Morgan fingerprint density at radius 2 is 2.12 bits per heavy atom. The average molecular weight is 218 g/mol. The first-order chi connectivity index (χ1) is 7.54. The molecule has 1 rings (SSSR count). The van der Waals surface area contributed by atoms with Crippen LogP contribution < -0.4 is 5.73 Å². The van der Waals surface area contributed by atoms with Gasteiger partial charge in [-0.1, -0.05) is 13.8 Å². The summed E-state index contributed by atoms with van der Waals surface area (Å²) in [6.07, 6.45) is 1.02. The molecule has 1 atom stereocenters. The summed E-state index contributed by atoms with van der Waals surface area (Å²) in [6.45, 7) is 3.96. The maximum atomic E-state index is 9.71. The zero-order valence-electron chi connectivity index (χ0n) is 9.77. The first-order valence-electron chi connectivity index (χ1n) is 5.51. The molecule has 0 spiro atoms. The standard InChI is InChI=1S/C13H18N2O/c1-9(2)13(16)6-4-10-7-12(15)5-3-11(10)8-14/h3,5,7,9,13,16H,4,6,15H2,1-2H3. The smallest absolute Gasteiger partial charge is 0.0994 e. The molecule has 1 unspecified atom stereocenters. The van der Waals surface area contributed by atoms with E-state index in [9.17, 15) is 5.11 Å². The average Bonchev–Trinajstić information content (AvgIpc) is 2.25. The van der Waals surface area contributed by atoms with Gasteiger partial charge in [0.15, 0.2) is 0 Å². The molecule has 3 nitrogen and oxygen atoms in total. The summed E-state index contributed by atoms with van der Waals surface area (Å²) in [4.78, 5) is 0. The first kappa shape index (κ1) is 12.5. The number of nitrogens with zero attached hydrogens (tertiary/aromatic N) is 1. The highest BCUT2D eigenvalue weighted by Gasteiger charge is 2.10. The van der Waals surface area contributed by atoms with E-state index in [2.05, 4.69) is 6.07 Å². The van der Waals surface area contributed by atoms with E-state index in [4.69, 9.17) is 11.0 Å². The molecule has 3 N–H and O–H groups in total. The molecule has 0 bridgehead atoms. The minimum absolute atomic E-state index is 0.242. The minimum Gasteiger partial charge on any atom is -0.399 e. The predicted molar refractivity (Wildman–Crippen MR) is 64.7 cm³/mol. The van der Waals surface area contributed by atoms with Crippen molar-refractivity contribution in [2.24, 2.45) is 5.92 Å². The van der Waals surface area contributed by atoms with Crippen LogP contribution in [-0.4, -0.2) is 11.2 Å². The van der Waals surface area contributed by atoms with Crippen LogP contribution in [-0.2, 0) is 6.42 Å². The van der Waals surface area contributed by atoms with Gasteiger partial charge in [-0.2, -0.15) is 5.26 Å². The number of rotatable bonds is 4. The number of hydrogen-bond donors (Lipinski definition) is 2. The van der Waals surface area contributed by atoms with Crippen LogP contribution in [0.3, 0.4) is 0 Å². The van der Waals surface area contributed by atoms with Crippen molar-refractivity contribution in [2.75, 3.05) is 5.73 Å². The maximum Gasteiger partial charge on any atom is 0.0994 e. The van der Waals surface area contributed by atoms with Gasteiger partial charge in [-0.25, -0.2) is 0 Å². The maximum absolute atomic E-state index is 9.71. The number of nitrogens with two attached hydrogens (primary N) is 1. The van der Waals surface area contributed by atoms with Crippen molar-refractivity contribution >= 4 is 5.69 Å². The molecular weight excluding hydrogens is 200 g/mol. The summed E-state index contributed by atoms with van der Waals surface area (Å²) in [5, 5.41) is 18.6. The Hall–Kier alpha value is -1.53. The van der Waals surface area contributed by atoms with Crippen LogP contribution in [0.25, 0.3) is 0 Å². The number of anilines is 1. The monoisotopic (exact) mass is 218 g/mol. The van der Waals surface area contributed by atoms with E-state index in [1.807, 2.05) is 19.9 Å². The third-order valence-electron chi connectivity index (χ3n) is 2.73. The summed E-state index contributed by atoms with van der Waals surface area (Å²) in [7, 11) is 0. The van der Waals surface area contributed by atoms with Crippen molar-refractivity contribution in [1.29, 1.82) is 5.26 Å². The molecule has 0 fully saturated rings. The molecule has 0 saturated carbocycles. The number of aryl methyl sites for hydroxylation is 1. The molecule has 0 aliphatic rings. The number of nitrogen functional groups attached to an aromatic ring is 1. The van der Waals surface area contributed by atoms with Gasteiger partial charge in [0, 0.05) is 5.69 Å².